The Balaban J connectivity index is 1.73. The highest BCUT2D eigenvalue weighted by Gasteiger charge is 2.29. The highest BCUT2D eigenvalue weighted by Crippen LogP contribution is 2.32. The van der Waals surface area contributed by atoms with Crippen LogP contribution in [0, 0.1) is 23.3 Å². The third-order valence-electron chi connectivity index (χ3n) is 4.74. The largest absolute Gasteiger partial charge is 0.511 e. The molecule has 0 radical (unpaired) electrons. The van der Waals surface area contributed by atoms with E-state index in [1.165, 1.54) is 29.9 Å². The molecule has 1 aromatic heterocycles. The van der Waals surface area contributed by atoms with Crippen molar-refractivity contribution in [3.63, 3.8) is 0 Å². The fourth-order valence-electron chi connectivity index (χ4n) is 2.88. The van der Waals surface area contributed by atoms with Crippen LogP contribution in [0.15, 0.2) is 52.8 Å². The van der Waals surface area contributed by atoms with E-state index in [0.717, 1.165) is 30.0 Å². The number of halogens is 5. The second-order valence-electron chi connectivity index (χ2n) is 7.03. The van der Waals surface area contributed by atoms with Crippen LogP contribution < -0.4 is 0 Å². The summed E-state index contributed by atoms with van der Waals surface area (Å²) in [6.07, 6.45) is -0.765. The predicted octanol–water partition coefficient (Wildman–Crippen LogP) is 4.60. The Bertz CT molecular complexity index is 1170. The van der Waals surface area contributed by atoms with Gasteiger partial charge in [-0.2, -0.15) is 0 Å². The molecule has 0 spiro atoms. The average Bonchev–Trinajstić information content (AvgIpc) is 3.31. The van der Waals surface area contributed by atoms with E-state index < -0.39 is 48.1 Å². The summed E-state index contributed by atoms with van der Waals surface area (Å²) < 4.78 is 60.2. The lowest BCUT2D eigenvalue weighted by atomic mass is 10.1. The first kappa shape index (κ1) is 25.8. The fourth-order valence-corrected chi connectivity index (χ4v) is 3.89. The highest BCUT2D eigenvalue weighted by atomic mass is 35.5. The van der Waals surface area contributed by atoms with Crippen LogP contribution >= 0.6 is 23.4 Å². The quantitative estimate of drug-likeness (QED) is 0.164. The molecule has 13 heteroatoms. The number of rotatable bonds is 9. The first-order valence-electron chi connectivity index (χ1n) is 9.64. The SMILES string of the molecule is CC([C@@H](O)C(CO)O/C(=C/O)Sc1ccc(F)c(Cl)c1)n1cc(-c2cc(F)c(F)c(F)c2)nn1. The number of nitrogens with zero attached hydrogens (tertiary/aromatic N) is 3. The van der Waals surface area contributed by atoms with Crippen LogP contribution in [-0.2, 0) is 4.74 Å². The molecule has 0 bridgehead atoms. The highest BCUT2D eigenvalue weighted by molar-refractivity contribution is 8.02. The smallest absolute Gasteiger partial charge is 0.194 e. The standard InChI is InChI=1S/C21H18ClF4N3O4S/c1-10(29-7-17(27-28-29)11-4-15(24)20(26)16(25)5-11)21(32)18(8-30)33-19(9-31)34-12-2-3-14(23)13(22)6-12/h2-7,9-10,18,21,30-32H,8H2,1H3/b19-9-/t10?,18?,21-/m1/s1. The van der Waals surface area contributed by atoms with Gasteiger partial charge in [0.1, 0.15) is 23.9 Å². The van der Waals surface area contributed by atoms with Crippen molar-refractivity contribution in [1.82, 2.24) is 15.0 Å². The minimum atomic E-state index is -1.61. The maximum absolute atomic E-state index is 13.5. The average molecular weight is 520 g/mol. The molecule has 0 saturated heterocycles. The molecule has 0 amide bonds. The molecule has 7 nitrogen and oxygen atoms in total. The van der Waals surface area contributed by atoms with Crippen LogP contribution in [0.2, 0.25) is 5.02 Å². The molecule has 0 aliphatic heterocycles. The fraction of sp³-hybridized carbons (Fsp3) is 0.238. The van der Waals surface area contributed by atoms with Gasteiger partial charge in [-0.3, -0.25) is 0 Å². The summed E-state index contributed by atoms with van der Waals surface area (Å²) in [5, 5.41) is 37.2. The summed E-state index contributed by atoms with van der Waals surface area (Å²) >= 11 is 6.60. The van der Waals surface area contributed by atoms with Gasteiger partial charge in [0.25, 0.3) is 0 Å². The van der Waals surface area contributed by atoms with Crippen molar-refractivity contribution < 1.29 is 37.6 Å². The normalized spacial score (nSPS) is 14.6. The zero-order valence-corrected chi connectivity index (χ0v) is 18.9. The summed E-state index contributed by atoms with van der Waals surface area (Å²) in [7, 11) is 0. The number of benzene rings is 2. The number of aliphatic hydroxyl groups excluding tert-OH is 3. The van der Waals surface area contributed by atoms with Crippen molar-refractivity contribution in [3.8, 4) is 11.3 Å². The second-order valence-corrected chi connectivity index (χ2v) is 8.52. The van der Waals surface area contributed by atoms with Gasteiger partial charge < -0.3 is 20.1 Å². The summed E-state index contributed by atoms with van der Waals surface area (Å²) in [6, 6.07) is 4.47. The Morgan fingerprint density at radius 1 is 1.18 bits per heavy atom. The molecule has 3 atom stereocenters. The molecule has 3 rings (SSSR count). The molecular formula is C21H18ClF4N3O4S. The van der Waals surface area contributed by atoms with Crippen molar-refractivity contribution in [2.75, 3.05) is 6.61 Å². The molecule has 3 aromatic rings. The lowest BCUT2D eigenvalue weighted by Gasteiger charge is -2.27. The van der Waals surface area contributed by atoms with E-state index in [-0.39, 0.29) is 21.4 Å². The van der Waals surface area contributed by atoms with Gasteiger partial charge in [0.2, 0.25) is 0 Å². The molecule has 0 aliphatic rings. The Kier molecular flexibility index (Phi) is 8.42. The minimum absolute atomic E-state index is 0.0120. The van der Waals surface area contributed by atoms with Gasteiger partial charge in [0, 0.05) is 10.5 Å². The molecular weight excluding hydrogens is 502 g/mol. The number of thioether (sulfide) groups is 1. The third kappa shape index (κ3) is 5.81. The van der Waals surface area contributed by atoms with E-state index in [1.54, 1.807) is 0 Å². The van der Waals surface area contributed by atoms with Crippen LogP contribution in [0.4, 0.5) is 17.6 Å². The molecule has 0 aliphatic carbocycles. The molecule has 182 valence electrons. The maximum Gasteiger partial charge on any atom is 0.194 e. The lowest BCUT2D eigenvalue weighted by molar-refractivity contribution is -0.0496. The first-order chi connectivity index (χ1) is 16.1. The van der Waals surface area contributed by atoms with Crippen LogP contribution in [0.25, 0.3) is 11.3 Å². The third-order valence-corrected chi connectivity index (χ3v) is 5.93. The van der Waals surface area contributed by atoms with Gasteiger partial charge in [-0.15, -0.1) is 5.10 Å². The second kappa shape index (κ2) is 11.1. The van der Waals surface area contributed by atoms with Crippen LogP contribution in [0.1, 0.15) is 13.0 Å². The van der Waals surface area contributed by atoms with E-state index in [2.05, 4.69) is 10.3 Å². The van der Waals surface area contributed by atoms with Gasteiger partial charge in [0.15, 0.2) is 28.6 Å². The van der Waals surface area contributed by atoms with Gasteiger partial charge in [-0.25, -0.2) is 22.2 Å². The maximum atomic E-state index is 13.5. The summed E-state index contributed by atoms with van der Waals surface area (Å²) in [5.74, 6) is -5.03. The van der Waals surface area contributed by atoms with Crippen molar-refractivity contribution in [2.24, 2.45) is 0 Å². The van der Waals surface area contributed by atoms with Crippen molar-refractivity contribution in [1.29, 1.82) is 0 Å². The molecule has 2 aromatic carbocycles. The van der Waals surface area contributed by atoms with Gasteiger partial charge in [-0.1, -0.05) is 16.8 Å². The predicted molar refractivity (Wildman–Crippen MR) is 116 cm³/mol. The van der Waals surface area contributed by atoms with Crippen LogP contribution in [-0.4, -0.2) is 49.1 Å². The van der Waals surface area contributed by atoms with E-state index in [1.807, 2.05) is 0 Å². The summed E-state index contributed by atoms with van der Waals surface area (Å²) in [6.45, 7) is 0.847. The zero-order chi connectivity index (χ0) is 25.0. The van der Waals surface area contributed by atoms with Crippen molar-refractivity contribution in [2.45, 2.75) is 30.1 Å². The molecule has 1 heterocycles. The Morgan fingerprint density at radius 3 is 2.44 bits per heavy atom. The number of ether oxygens (including phenoxy) is 1. The zero-order valence-electron chi connectivity index (χ0n) is 17.4. The Labute approximate surface area is 200 Å². The van der Waals surface area contributed by atoms with Gasteiger partial charge in [-0.05, 0) is 49.0 Å². The van der Waals surface area contributed by atoms with E-state index >= 15 is 0 Å². The number of aliphatic hydroxyl groups is 3. The Morgan fingerprint density at radius 2 is 1.85 bits per heavy atom. The Hall–Kier alpha value is -2.80. The van der Waals surface area contributed by atoms with Crippen molar-refractivity contribution >= 4 is 23.4 Å². The molecule has 3 N–H and O–H groups in total. The number of hydrogen-bond donors (Lipinski definition) is 3. The molecule has 0 saturated carbocycles. The van der Waals surface area contributed by atoms with Gasteiger partial charge >= 0.3 is 0 Å². The van der Waals surface area contributed by atoms with E-state index in [4.69, 9.17) is 16.3 Å². The van der Waals surface area contributed by atoms with Crippen LogP contribution in [0.3, 0.4) is 0 Å². The van der Waals surface area contributed by atoms with Crippen molar-refractivity contribution in [3.05, 3.63) is 76.2 Å². The summed E-state index contributed by atoms with van der Waals surface area (Å²) in [5.41, 5.74) is -0.0582. The van der Waals surface area contributed by atoms with Crippen LogP contribution in [0.5, 0.6) is 0 Å². The summed E-state index contributed by atoms with van der Waals surface area (Å²) in [4.78, 5) is 0.422. The van der Waals surface area contributed by atoms with E-state index in [0.29, 0.717) is 11.2 Å². The number of hydrogen-bond acceptors (Lipinski definition) is 7. The first-order valence-corrected chi connectivity index (χ1v) is 10.8. The lowest BCUT2D eigenvalue weighted by Crippen LogP contribution is -2.38. The molecule has 0 fully saturated rings. The van der Waals surface area contributed by atoms with E-state index in [9.17, 15) is 32.9 Å². The monoisotopic (exact) mass is 519 g/mol. The number of aromatic nitrogens is 3. The minimum Gasteiger partial charge on any atom is -0.511 e. The molecule has 34 heavy (non-hydrogen) atoms. The topological polar surface area (TPSA) is 101 Å². The molecule has 2 unspecified atom stereocenters. The van der Waals surface area contributed by atoms with Gasteiger partial charge in [0.05, 0.1) is 23.9 Å².